The Morgan fingerprint density at radius 2 is 2.11 bits per heavy atom. The van der Waals surface area contributed by atoms with Gasteiger partial charge in [-0.2, -0.15) is 0 Å². The number of likely N-dealkylation sites (N-methyl/N-ethyl adjacent to an activating group) is 1. The van der Waals surface area contributed by atoms with Crippen molar-refractivity contribution in [2.75, 3.05) is 12.4 Å². The van der Waals surface area contributed by atoms with Gasteiger partial charge in [-0.25, -0.2) is 9.97 Å². The Hall–Kier alpha value is -1.36. The van der Waals surface area contributed by atoms with Gasteiger partial charge in [-0.15, -0.1) is 0 Å². The van der Waals surface area contributed by atoms with E-state index in [9.17, 15) is 4.79 Å². The minimum atomic E-state index is -0.367. The lowest BCUT2D eigenvalue weighted by Gasteiger charge is -2.16. The molecule has 1 aromatic heterocycles. The molecule has 100 valence electrons. The summed E-state index contributed by atoms with van der Waals surface area (Å²) in [7, 11) is 1.60. The van der Waals surface area contributed by atoms with Gasteiger partial charge in [0.1, 0.15) is 22.8 Å². The highest BCUT2D eigenvalue weighted by Gasteiger charge is 2.15. The monoisotopic (exact) mass is 270 g/mol. The maximum Gasteiger partial charge on any atom is 0.241 e. The Balaban J connectivity index is 2.96. The lowest BCUT2D eigenvalue weighted by Crippen LogP contribution is -2.35. The van der Waals surface area contributed by atoms with Crippen molar-refractivity contribution in [2.45, 2.75) is 39.7 Å². The zero-order chi connectivity index (χ0) is 13.7. The standard InChI is InChI=1S/C12H19ClN4O/c1-5-6-9-16-10(13)7(2)11(17-9)15-8(3)12(18)14-4/h8H,5-6H2,1-4H3,(H,14,18)(H,15,16,17). The second-order valence-electron chi connectivity index (χ2n) is 4.13. The third kappa shape index (κ3) is 3.57. The van der Waals surface area contributed by atoms with E-state index in [0.29, 0.717) is 16.8 Å². The molecule has 0 aliphatic carbocycles. The number of aromatic nitrogens is 2. The van der Waals surface area contributed by atoms with E-state index in [4.69, 9.17) is 11.6 Å². The molecule has 0 aliphatic rings. The van der Waals surface area contributed by atoms with Crippen molar-refractivity contribution in [3.63, 3.8) is 0 Å². The number of hydrogen-bond donors (Lipinski definition) is 2. The van der Waals surface area contributed by atoms with Gasteiger partial charge in [0.25, 0.3) is 0 Å². The molecule has 1 atom stereocenters. The first-order chi connectivity index (χ1) is 8.49. The van der Waals surface area contributed by atoms with Gasteiger partial charge in [0.2, 0.25) is 5.91 Å². The molecule has 1 amide bonds. The smallest absolute Gasteiger partial charge is 0.241 e. The van der Waals surface area contributed by atoms with Crippen LogP contribution in [-0.2, 0) is 11.2 Å². The van der Waals surface area contributed by atoms with Gasteiger partial charge in [0.15, 0.2) is 0 Å². The molecule has 1 aromatic rings. The molecular weight excluding hydrogens is 252 g/mol. The first-order valence-electron chi connectivity index (χ1n) is 6.00. The van der Waals surface area contributed by atoms with Gasteiger partial charge in [-0.05, 0) is 20.3 Å². The minimum absolute atomic E-state index is 0.0961. The summed E-state index contributed by atoms with van der Waals surface area (Å²) in [6.45, 7) is 5.65. The molecular formula is C12H19ClN4O. The van der Waals surface area contributed by atoms with Crippen LogP contribution < -0.4 is 10.6 Å². The Morgan fingerprint density at radius 3 is 2.67 bits per heavy atom. The maximum absolute atomic E-state index is 11.5. The first-order valence-corrected chi connectivity index (χ1v) is 6.38. The molecule has 1 rings (SSSR count). The van der Waals surface area contributed by atoms with Crippen molar-refractivity contribution in [3.05, 3.63) is 16.5 Å². The first kappa shape index (κ1) is 14.7. The fraction of sp³-hybridized carbons (Fsp3) is 0.583. The van der Waals surface area contributed by atoms with Crippen molar-refractivity contribution in [1.29, 1.82) is 0 Å². The van der Waals surface area contributed by atoms with Crippen LogP contribution in [0.3, 0.4) is 0 Å². The number of anilines is 1. The Morgan fingerprint density at radius 1 is 1.44 bits per heavy atom. The summed E-state index contributed by atoms with van der Waals surface area (Å²) >= 11 is 6.06. The SMILES string of the molecule is CCCc1nc(Cl)c(C)c(NC(C)C(=O)NC)n1. The van der Waals surface area contributed by atoms with Crippen molar-refractivity contribution >= 4 is 23.3 Å². The summed E-state index contributed by atoms with van der Waals surface area (Å²) in [5.74, 6) is 1.22. The fourth-order valence-corrected chi connectivity index (χ4v) is 1.68. The van der Waals surface area contributed by atoms with E-state index in [-0.39, 0.29) is 11.9 Å². The molecule has 2 N–H and O–H groups in total. The predicted molar refractivity (Wildman–Crippen MR) is 72.9 cm³/mol. The van der Waals surface area contributed by atoms with E-state index in [1.165, 1.54) is 0 Å². The summed E-state index contributed by atoms with van der Waals surface area (Å²) in [6, 6.07) is -0.367. The van der Waals surface area contributed by atoms with E-state index >= 15 is 0 Å². The van der Waals surface area contributed by atoms with Crippen molar-refractivity contribution in [2.24, 2.45) is 0 Å². The number of nitrogens with one attached hydrogen (secondary N) is 2. The van der Waals surface area contributed by atoms with Crippen LogP contribution in [0.2, 0.25) is 5.15 Å². The van der Waals surface area contributed by atoms with Crippen LogP contribution in [-0.4, -0.2) is 29.0 Å². The molecule has 6 heteroatoms. The average molecular weight is 271 g/mol. The summed E-state index contributed by atoms with van der Waals surface area (Å²) < 4.78 is 0. The molecule has 0 saturated carbocycles. The molecule has 1 unspecified atom stereocenters. The number of hydrogen-bond acceptors (Lipinski definition) is 4. The van der Waals surface area contributed by atoms with Crippen LogP contribution >= 0.6 is 11.6 Å². The van der Waals surface area contributed by atoms with Crippen LogP contribution in [0, 0.1) is 6.92 Å². The second-order valence-corrected chi connectivity index (χ2v) is 4.49. The molecule has 0 aromatic carbocycles. The van der Waals surface area contributed by atoms with Crippen molar-refractivity contribution in [3.8, 4) is 0 Å². The number of amides is 1. The van der Waals surface area contributed by atoms with Crippen molar-refractivity contribution < 1.29 is 4.79 Å². The van der Waals surface area contributed by atoms with Gasteiger partial charge < -0.3 is 10.6 Å². The summed E-state index contributed by atoms with van der Waals surface area (Å²) in [5, 5.41) is 6.06. The molecule has 0 fully saturated rings. The number of carbonyl (C=O) groups is 1. The van der Waals surface area contributed by atoms with Crippen LogP contribution in [0.15, 0.2) is 0 Å². The molecule has 18 heavy (non-hydrogen) atoms. The zero-order valence-corrected chi connectivity index (χ0v) is 11.9. The lowest BCUT2D eigenvalue weighted by atomic mass is 10.2. The largest absolute Gasteiger partial charge is 0.358 e. The van der Waals surface area contributed by atoms with Gasteiger partial charge in [0.05, 0.1) is 0 Å². The molecule has 0 bridgehead atoms. The predicted octanol–water partition coefficient (Wildman–Crippen LogP) is 1.94. The zero-order valence-electron chi connectivity index (χ0n) is 11.2. The summed E-state index contributed by atoms with van der Waals surface area (Å²) in [6.07, 6.45) is 1.72. The topological polar surface area (TPSA) is 66.9 Å². The molecule has 0 radical (unpaired) electrons. The highest BCUT2D eigenvalue weighted by molar-refractivity contribution is 6.30. The molecule has 0 saturated heterocycles. The van der Waals surface area contributed by atoms with Gasteiger partial charge in [0, 0.05) is 19.0 Å². The van der Waals surface area contributed by atoms with Gasteiger partial charge in [-0.1, -0.05) is 18.5 Å². The van der Waals surface area contributed by atoms with E-state index in [1.54, 1.807) is 14.0 Å². The summed E-state index contributed by atoms with van der Waals surface area (Å²) in [4.78, 5) is 20.1. The number of rotatable bonds is 5. The number of carbonyl (C=O) groups excluding carboxylic acids is 1. The fourth-order valence-electron chi connectivity index (χ4n) is 1.50. The minimum Gasteiger partial charge on any atom is -0.358 e. The third-order valence-corrected chi connectivity index (χ3v) is 2.97. The normalized spacial score (nSPS) is 12.1. The van der Waals surface area contributed by atoms with Gasteiger partial charge >= 0.3 is 0 Å². The average Bonchev–Trinajstić information content (AvgIpc) is 2.34. The number of aryl methyl sites for hydroxylation is 1. The Bertz CT molecular complexity index is 436. The number of nitrogens with zero attached hydrogens (tertiary/aromatic N) is 2. The van der Waals surface area contributed by atoms with Crippen LogP contribution in [0.4, 0.5) is 5.82 Å². The van der Waals surface area contributed by atoms with E-state index in [0.717, 1.165) is 18.4 Å². The van der Waals surface area contributed by atoms with Crippen molar-refractivity contribution in [1.82, 2.24) is 15.3 Å². The van der Waals surface area contributed by atoms with Crippen LogP contribution in [0.5, 0.6) is 0 Å². The molecule has 1 heterocycles. The van der Waals surface area contributed by atoms with Crippen LogP contribution in [0.25, 0.3) is 0 Å². The summed E-state index contributed by atoms with van der Waals surface area (Å²) in [5.41, 5.74) is 0.757. The van der Waals surface area contributed by atoms with Crippen LogP contribution in [0.1, 0.15) is 31.7 Å². The third-order valence-electron chi connectivity index (χ3n) is 2.60. The highest BCUT2D eigenvalue weighted by atomic mass is 35.5. The molecule has 0 aliphatic heterocycles. The van der Waals surface area contributed by atoms with E-state index in [1.807, 2.05) is 6.92 Å². The van der Waals surface area contributed by atoms with E-state index < -0.39 is 0 Å². The Kier molecular flexibility index (Phi) is 5.34. The molecule has 0 spiro atoms. The van der Waals surface area contributed by atoms with Gasteiger partial charge in [-0.3, -0.25) is 4.79 Å². The molecule has 5 nitrogen and oxygen atoms in total. The second kappa shape index (κ2) is 6.54. The quantitative estimate of drug-likeness (QED) is 0.803. The van der Waals surface area contributed by atoms with E-state index in [2.05, 4.69) is 27.5 Å². The maximum atomic E-state index is 11.5. The Labute approximate surface area is 112 Å². The number of halogens is 1. The lowest BCUT2D eigenvalue weighted by molar-refractivity contribution is -0.121. The highest BCUT2D eigenvalue weighted by Crippen LogP contribution is 2.20.